The molecule has 6 heteroatoms. The number of nitrogens with one attached hydrogen (secondary N) is 1. The van der Waals surface area contributed by atoms with Gasteiger partial charge in [0.25, 0.3) is 0 Å². The van der Waals surface area contributed by atoms with E-state index in [0.29, 0.717) is 0 Å². The summed E-state index contributed by atoms with van der Waals surface area (Å²) in [5.74, 6) is -0.552. The van der Waals surface area contributed by atoms with Crippen molar-refractivity contribution in [3.63, 3.8) is 0 Å². The average Bonchev–Trinajstić information content (AvgIpc) is 2.74. The fraction of sp³-hybridized carbons (Fsp3) is 0.643. The third-order valence-electron chi connectivity index (χ3n) is 3.56. The van der Waals surface area contributed by atoms with Crippen LogP contribution in [0.1, 0.15) is 49.0 Å². The van der Waals surface area contributed by atoms with E-state index in [1.54, 1.807) is 12.3 Å². The quantitative estimate of drug-likeness (QED) is 0.669. The summed E-state index contributed by atoms with van der Waals surface area (Å²) < 4.78 is 6.03. The highest BCUT2D eigenvalue weighted by molar-refractivity contribution is 5.87. The topological polar surface area (TPSA) is 73.2 Å². The van der Waals surface area contributed by atoms with Gasteiger partial charge >= 0.3 is 5.97 Å². The predicted octanol–water partition coefficient (Wildman–Crippen LogP) is 1.51. The normalized spacial score (nSPS) is 16.4. The minimum atomic E-state index is -0.493. The fourth-order valence-electron chi connectivity index (χ4n) is 2.51. The molecule has 110 valence electrons. The molecule has 0 radical (unpaired) electrons. The van der Waals surface area contributed by atoms with Crippen molar-refractivity contribution in [2.45, 2.75) is 51.1 Å². The van der Waals surface area contributed by atoms with Crippen molar-refractivity contribution < 1.29 is 14.3 Å². The molecule has 0 aliphatic heterocycles. The van der Waals surface area contributed by atoms with Crippen molar-refractivity contribution in [2.75, 3.05) is 7.11 Å². The summed E-state index contributed by atoms with van der Waals surface area (Å²) in [7, 11) is 1.31. The van der Waals surface area contributed by atoms with Gasteiger partial charge in [0.2, 0.25) is 5.91 Å². The minimum Gasteiger partial charge on any atom is -0.464 e. The molecular weight excluding hydrogens is 258 g/mol. The van der Waals surface area contributed by atoms with Gasteiger partial charge in [-0.1, -0.05) is 25.7 Å². The molecule has 1 amide bonds. The van der Waals surface area contributed by atoms with Crippen molar-refractivity contribution in [1.29, 1.82) is 0 Å². The molecule has 0 aromatic carbocycles. The van der Waals surface area contributed by atoms with Gasteiger partial charge in [-0.2, -0.15) is 5.10 Å². The number of nitrogens with zero attached hydrogens (tertiary/aromatic N) is 2. The van der Waals surface area contributed by atoms with E-state index in [-0.39, 0.29) is 24.2 Å². The number of amides is 1. The second-order valence-electron chi connectivity index (χ2n) is 5.15. The Balaban J connectivity index is 1.84. The van der Waals surface area contributed by atoms with E-state index < -0.39 is 5.97 Å². The summed E-state index contributed by atoms with van der Waals surface area (Å²) >= 11 is 0. The molecule has 1 heterocycles. The number of methoxy groups -OCH3 is 1. The minimum absolute atomic E-state index is 0.0589. The van der Waals surface area contributed by atoms with E-state index in [1.807, 2.05) is 0 Å². The number of hydrogen-bond acceptors (Lipinski definition) is 4. The maximum Gasteiger partial charge on any atom is 0.358 e. The van der Waals surface area contributed by atoms with E-state index in [4.69, 9.17) is 0 Å². The molecular formula is C14H21N3O3. The van der Waals surface area contributed by atoms with Gasteiger partial charge in [-0.3, -0.25) is 9.48 Å². The van der Waals surface area contributed by atoms with Crippen molar-refractivity contribution in [1.82, 2.24) is 15.1 Å². The van der Waals surface area contributed by atoms with Crippen molar-refractivity contribution in [2.24, 2.45) is 0 Å². The Kier molecular flexibility index (Phi) is 5.15. The Morgan fingerprint density at radius 1 is 1.35 bits per heavy atom. The first-order valence-electron chi connectivity index (χ1n) is 7.10. The van der Waals surface area contributed by atoms with Gasteiger partial charge in [-0.05, 0) is 18.9 Å². The molecule has 0 atom stereocenters. The number of esters is 1. The zero-order valence-corrected chi connectivity index (χ0v) is 11.8. The van der Waals surface area contributed by atoms with Gasteiger partial charge in [0, 0.05) is 12.2 Å². The highest BCUT2D eigenvalue weighted by Gasteiger charge is 2.16. The lowest BCUT2D eigenvalue weighted by Gasteiger charge is -2.16. The molecule has 0 spiro atoms. The van der Waals surface area contributed by atoms with Gasteiger partial charge < -0.3 is 10.1 Å². The lowest BCUT2D eigenvalue weighted by Crippen LogP contribution is -2.36. The van der Waals surface area contributed by atoms with Gasteiger partial charge in [-0.25, -0.2) is 4.79 Å². The van der Waals surface area contributed by atoms with Crippen molar-refractivity contribution in [3.05, 3.63) is 18.0 Å². The van der Waals surface area contributed by atoms with Crippen LogP contribution in [0.2, 0.25) is 0 Å². The summed E-state index contributed by atoms with van der Waals surface area (Å²) in [4.78, 5) is 23.2. The maximum atomic E-state index is 12.0. The Bertz CT molecular complexity index is 462. The van der Waals surface area contributed by atoms with Crippen molar-refractivity contribution >= 4 is 11.9 Å². The van der Waals surface area contributed by atoms with Crippen LogP contribution in [0.4, 0.5) is 0 Å². The summed E-state index contributed by atoms with van der Waals surface area (Å²) in [6.45, 7) is 0.132. The molecule has 1 N–H and O–H groups in total. The van der Waals surface area contributed by atoms with Crippen LogP contribution in [0, 0.1) is 0 Å². The van der Waals surface area contributed by atoms with Crippen LogP contribution in [0.5, 0.6) is 0 Å². The maximum absolute atomic E-state index is 12.0. The molecule has 1 aliphatic rings. The van der Waals surface area contributed by atoms with Gasteiger partial charge in [0.05, 0.1) is 7.11 Å². The van der Waals surface area contributed by atoms with Crippen LogP contribution in [-0.4, -0.2) is 34.8 Å². The number of hydrogen-bond donors (Lipinski definition) is 1. The van der Waals surface area contributed by atoms with E-state index in [1.165, 1.54) is 37.5 Å². The summed E-state index contributed by atoms with van der Waals surface area (Å²) in [5.41, 5.74) is 0.217. The largest absolute Gasteiger partial charge is 0.464 e. The molecule has 6 nitrogen and oxygen atoms in total. The molecule has 1 aromatic heterocycles. The molecule has 20 heavy (non-hydrogen) atoms. The molecule has 0 unspecified atom stereocenters. The third-order valence-corrected chi connectivity index (χ3v) is 3.56. The second-order valence-corrected chi connectivity index (χ2v) is 5.15. The van der Waals surface area contributed by atoms with Crippen LogP contribution in [0.15, 0.2) is 12.3 Å². The highest BCUT2D eigenvalue weighted by atomic mass is 16.5. The number of aromatic nitrogens is 2. The Hall–Kier alpha value is -1.85. The van der Waals surface area contributed by atoms with Crippen LogP contribution in [0.25, 0.3) is 0 Å². The SMILES string of the molecule is COC(=O)c1ccn(CC(=O)NC2CCCCCC2)n1. The summed E-state index contributed by atoms with van der Waals surface area (Å²) in [6.07, 6.45) is 8.59. The Morgan fingerprint density at radius 3 is 2.70 bits per heavy atom. The second kappa shape index (κ2) is 7.07. The van der Waals surface area contributed by atoms with Gasteiger partial charge in [0.1, 0.15) is 6.54 Å². The lowest BCUT2D eigenvalue weighted by molar-refractivity contribution is -0.122. The number of ether oxygens (including phenoxy) is 1. The number of rotatable bonds is 4. The summed E-state index contributed by atoms with van der Waals surface area (Å²) in [5, 5.41) is 7.06. The molecule has 1 saturated carbocycles. The molecule has 0 saturated heterocycles. The van der Waals surface area contributed by atoms with Crippen LogP contribution in [-0.2, 0) is 16.1 Å². The molecule has 1 aliphatic carbocycles. The van der Waals surface area contributed by atoms with E-state index in [2.05, 4.69) is 15.2 Å². The van der Waals surface area contributed by atoms with E-state index in [9.17, 15) is 9.59 Å². The van der Waals surface area contributed by atoms with Crippen LogP contribution in [0.3, 0.4) is 0 Å². The monoisotopic (exact) mass is 279 g/mol. The Labute approximate surface area is 118 Å². The van der Waals surface area contributed by atoms with Crippen molar-refractivity contribution in [3.8, 4) is 0 Å². The molecule has 1 aromatic rings. The van der Waals surface area contributed by atoms with Crippen LogP contribution >= 0.6 is 0 Å². The van der Waals surface area contributed by atoms with Gasteiger partial charge in [0.15, 0.2) is 5.69 Å². The third kappa shape index (κ3) is 4.08. The summed E-state index contributed by atoms with van der Waals surface area (Å²) in [6, 6.07) is 1.82. The lowest BCUT2D eigenvalue weighted by atomic mass is 10.1. The molecule has 1 fully saturated rings. The zero-order chi connectivity index (χ0) is 14.4. The first-order chi connectivity index (χ1) is 9.69. The molecule has 2 rings (SSSR count). The number of carbonyl (C=O) groups is 2. The zero-order valence-electron chi connectivity index (χ0n) is 11.8. The highest BCUT2D eigenvalue weighted by Crippen LogP contribution is 2.17. The van der Waals surface area contributed by atoms with E-state index >= 15 is 0 Å². The predicted molar refractivity (Wildman–Crippen MR) is 73.2 cm³/mol. The first-order valence-corrected chi connectivity index (χ1v) is 7.10. The van der Waals surface area contributed by atoms with Gasteiger partial charge in [-0.15, -0.1) is 0 Å². The van der Waals surface area contributed by atoms with E-state index in [0.717, 1.165) is 12.8 Å². The molecule has 0 bridgehead atoms. The number of carbonyl (C=O) groups excluding carboxylic acids is 2. The smallest absolute Gasteiger partial charge is 0.358 e. The fourth-order valence-corrected chi connectivity index (χ4v) is 2.51. The average molecular weight is 279 g/mol. The Morgan fingerprint density at radius 2 is 2.05 bits per heavy atom. The standard InChI is InChI=1S/C14H21N3O3/c1-20-14(19)12-8-9-17(16-12)10-13(18)15-11-6-4-2-3-5-7-11/h8-9,11H,2-7,10H2,1H3,(H,15,18). The van der Waals surface area contributed by atoms with Crippen LogP contribution < -0.4 is 5.32 Å². The first kappa shape index (κ1) is 14.6.